The van der Waals surface area contributed by atoms with Crippen LogP contribution in [0, 0.1) is 5.82 Å². The first kappa shape index (κ1) is 13.1. The molecule has 2 aromatic rings. The Morgan fingerprint density at radius 3 is 2.79 bits per heavy atom. The van der Waals surface area contributed by atoms with Gasteiger partial charge in [0.05, 0.1) is 0 Å². The molecule has 0 aliphatic carbocycles. The van der Waals surface area contributed by atoms with Crippen LogP contribution in [0.2, 0.25) is 0 Å². The molecule has 0 saturated carbocycles. The van der Waals surface area contributed by atoms with Crippen molar-refractivity contribution in [3.63, 3.8) is 0 Å². The number of hydrogen-bond acceptors (Lipinski definition) is 2. The Morgan fingerprint density at radius 2 is 2.05 bits per heavy atom. The first-order valence-electron chi connectivity index (χ1n) is 6.05. The van der Waals surface area contributed by atoms with Crippen LogP contribution < -0.4 is 10.5 Å². The highest BCUT2D eigenvalue weighted by Crippen LogP contribution is 2.23. The van der Waals surface area contributed by atoms with E-state index < -0.39 is 0 Å². The Bertz CT molecular complexity index is 581. The van der Waals surface area contributed by atoms with Crippen LogP contribution in [0.5, 0.6) is 5.75 Å². The van der Waals surface area contributed by atoms with Gasteiger partial charge in [-0.2, -0.15) is 0 Å². The molecule has 2 nitrogen and oxygen atoms in total. The highest BCUT2D eigenvalue weighted by molar-refractivity contribution is 5.48. The zero-order chi connectivity index (χ0) is 13.7. The molecular weight excluding hydrogens is 241 g/mol. The van der Waals surface area contributed by atoms with E-state index in [1.54, 1.807) is 18.2 Å². The minimum Gasteiger partial charge on any atom is -0.489 e. The Hall–Kier alpha value is -2.29. The topological polar surface area (TPSA) is 35.2 Å². The molecule has 0 bridgehead atoms. The zero-order valence-electron chi connectivity index (χ0n) is 10.6. The molecule has 0 fully saturated rings. The minimum absolute atomic E-state index is 0.260. The Kier molecular flexibility index (Phi) is 4.18. The SMILES string of the molecule is C=CCc1cc(N)ccc1OCc1cccc(F)c1. The van der Waals surface area contributed by atoms with E-state index in [1.165, 1.54) is 12.1 Å². The Balaban J connectivity index is 2.12. The van der Waals surface area contributed by atoms with Crippen LogP contribution in [0.15, 0.2) is 55.1 Å². The summed E-state index contributed by atoms with van der Waals surface area (Å²) in [5, 5.41) is 0. The van der Waals surface area contributed by atoms with E-state index in [1.807, 2.05) is 18.2 Å². The van der Waals surface area contributed by atoms with Crippen molar-refractivity contribution in [2.75, 3.05) is 5.73 Å². The molecular formula is C16H16FNO. The predicted octanol–water partition coefficient (Wildman–Crippen LogP) is 3.72. The molecule has 2 aromatic carbocycles. The van der Waals surface area contributed by atoms with Gasteiger partial charge in [-0.25, -0.2) is 4.39 Å². The highest BCUT2D eigenvalue weighted by atomic mass is 19.1. The van der Waals surface area contributed by atoms with Crippen molar-refractivity contribution in [2.24, 2.45) is 0 Å². The molecule has 2 rings (SSSR count). The smallest absolute Gasteiger partial charge is 0.123 e. The van der Waals surface area contributed by atoms with E-state index in [4.69, 9.17) is 10.5 Å². The molecule has 3 heteroatoms. The van der Waals surface area contributed by atoms with Gasteiger partial charge in [0.2, 0.25) is 0 Å². The van der Waals surface area contributed by atoms with Gasteiger partial charge in [-0.1, -0.05) is 18.2 Å². The molecule has 0 atom stereocenters. The van der Waals surface area contributed by atoms with Gasteiger partial charge >= 0.3 is 0 Å². The van der Waals surface area contributed by atoms with E-state index in [9.17, 15) is 4.39 Å². The van der Waals surface area contributed by atoms with Crippen LogP contribution in [-0.2, 0) is 13.0 Å². The van der Waals surface area contributed by atoms with Crippen LogP contribution in [0.4, 0.5) is 10.1 Å². The van der Waals surface area contributed by atoms with Crippen molar-refractivity contribution < 1.29 is 9.13 Å². The number of ether oxygens (including phenoxy) is 1. The normalized spacial score (nSPS) is 10.2. The third kappa shape index (κ3) is 3.58. The van der Waals surface area contributed by atoms with E-state index in [2.05, 4.69) is 6.58 Å². The molecule has 2 N–H and O–H groups in total. The van der Waals surface area contributed by atoms with Gasteiger partial charge in [0.15, 0.2) is 0 Å². The molecule has 98 valence electrons. The van der Waals surface area contributed by atoms with Crippen LogP contribution in [0.25, 0.3) is 0 Å². The summed E-state index contributed by atoms with van der Waals surface area (Å²) in [7, 11) is 0. The number of rotatable bonds is 5. The van der Waals surface area contributed by atoms with Crippen LogP contribution in [0.3, 0.4) is 0 Å². The lowest BCUT2D eigenvalue weighted by Crippen LogP contribution is -1.99. The molecule has 0 aliphatic rings. The van der Waals surface area contributed by atoms with Gasteiger partial charge in [-0.3, -0.25) is 0 Å². The molecule has 0 radical (unpaired) electrons. The quantitative estimate of drug-likeness (QED) is 0.654. The summed E-state index contributed by atoms with van der Waals surface area (Å²) in [6.07, 6.45) is 2.48. The van der Waals surface area contributed by atoms with E-state index in [0.29, 0.717) is 18.7 Å². The van der Waals surface area contributed by atoms with Gasteiger partial charge in [0.25, 0.3) is 0 Å². The number of hydrogen-bond donors (Lipinski definition) is 1. The molecule has 0 amide bonds. The van der Waals surface area contributed by atoms with Gasteiger partial charge in [0, 0.05) is 5.69 Å². The fraction of sp³-hybridized carbons (Fsp3) is 0.125. The first-order valence-corrected chi connectivity index (χ1v) is 6.05. The number of benzene rings is 2. The third-order valence-corrected chi connectivity index (χ3v) is 2.73. The summed E-state index contributed by atoms with van der Waals surface area (Å²) in [4.78, 5) is 0. The van der Waals surface area contributed by atoms with Crippen LogP contribution >= 0.6 is 0 Å². The van der Waals surface area contributed by atoms with Crippen molar-refractivity contribution in [3.05, 3.63) is 72.1 Å². The van der Waals surface area contributed by atoms with E-state index in [0.717, 1.165) is 16.9 Å². The number of allylic oxidation sites excluding steroid dienone is 1. The molecule has 0 heterocycles. The van der Waals surface area contributed by atoms with Crippen LogP contribution in [-0.4, -0.2) is 0 Å². The maximum Gasteiger partial charge on any atom is 0.123 e. The third-order valence-electron chi connectivity index (χ3n) is 2.73. The van der Waals surface area contributed by atoms with E-state index >= 15 is 0 Å². The molecule has 0 saturated heterocycles. The lowest BCUT2D eigenvalue weighted by atomic mass is 10.1. The molecule has 19 heavy (non-hydrogen) atoms. The zero-order valence-corrected chi connectivity index (χ0v) is 10.6. The fourth-order valence-electron chi connectivity index (χ4n) is 1.84. The van der Waals surface area contributed by atoms with Crippen molar-refractivity contribution in [1.82, 2.24) is 0 Å². The second kappa shape index (κ2) is 6.05. The standard InChI is InChI=1S/C16H16FNO/c1-2-4-13-10-15(18)7-8-16(13)19-11-12-5-3-6-14(17)9-12/h2-3,5-10H,1,4,11,18H2. The second-order valence-corrected chi connectivity index (χ2v) is 4.28. The number of nitrogens with two attached hydrogens (primary N) is 1. The minimum atomic E-state index is -0.260. The summed E-state index contributed by atoms with van der Waals surface area (Å²) in [6, 6.07) is 11.8. The Morgan fingerprint density at radius 1 is 1.21 bits per heavy atom. The average Bonchev–Trinajstić information content (AvgIpc) is 2.38. The van der Waals surface area contributed by atoms with Crippen molar-refractivity contribution in [3.8, 4) is 5.75 Å². The average molecular weight is 257 g/mol. The van der Waals surface area contributed by atoms with Crippen LogP contribution in [0.1, 0.15) is 11.1 Å². The lowest BCUT2D eigenvalue weighted by Gasteiger charge is -2.11. The van der Waals surface area contributed by atoms with Gasteiger partial charge in [0.1, 0.15) is 18.2 Å². The Labute approximate surface area is 112 Å². The number of anilines is 1. The summed E-state index contributed by atoms with van der Waals surface area (Å²) in [5.41, 5.74) is 8.21. The molecule has 0 spiro atoms. The summed E-state index contributed by atoms with van der Waals surface area (Å²) in [5.74, 6) is 0.489. The number of halogens is 1. The highest BCUT2D eigenvalue weighted by Gasteiger charge is 2.04. The maximum atomic E-state index is 13.1. The van der Waals surface area contributed by atoms with Gasteiger partial charge < -0.3 is 10.5 Å². The predicted molar refractivity (Wildman–Crippen MR) is 75.5 cm³/mol. The maximum absolute atomic E-state index is 13.1. The van der Waals surface area contributed by atoms with Crippen molar-refractivity contribution >= 4 is 5.69 Å². The molecule has 0 aromatic heterocycles. The first-order chi connectivity index (χ1) is 9.19. The second-order valence-electron chi connectivity index (χ2n) is 4.28. The summed E-state index contributed by atoms with van der Waals surface area (Å²) >= 11 is 0. The summed E-state index contributed by atoms with van der Waals surface area (Å²) < 4.78 is 18.8. The van der Waals surface area contributed by atoms with Crippen molar-refractivity contribution in [1.29, 1.82) is 0 Å². The number of nitrogen functional groups attached to an aromatic ring is 1. The molecule has 0 aliphatic heterocycles. The van der Waals surface area contributed by atoms with Gasteiger partial charge in [-0.15, -0.1) is 6.58 Å². The fourth-order valence-corrected chi connectivity index (χ4v) is 1.84. The molecule has 0 unspecified atom stereocenters. The lowest BCUT2D eigenvalue weighted by molar-refractivity contribution is 0.303. The van der Waals surface area contributed by atoms with E-state index in [-0.39, 0.29) is 5.82 Å². The van der Waals surface area contributed by atoms with Crippen molar-refractivity contribution in [2.45, 2.75) is 13.0 Å². The monoisotopic (exact) mass is 257 g/mol. The summed E-state index contributed by atoms with van der Waals surface area (Å²) in [6.45, 7) is 4.04. The largest absolute Gasteiger partial charge is 0.489 e. The van der Waals surface area contributed by atoms with Gasteiger partial charge in [-0.05, 0) is 47.9 Å².